The summed E-state index contributed by atoms with van der Waals surface area (Å²) in [7, 11) is -2.37. The molecule has 0 atom stereocenters. The molecule has 0 saturated carbocycles. The first-order valence-corrected chi connectivity index (χ1v) is 9.20. The number of hydrogen-bond acceptors (Lipinski definition) is 5. The molecule has 25 heavy (non-hydrogen) atoms. The fourth-order valence-corrected chi connectivity index (χ4v) is 3.14. The van der Waals surface area contributed by atoms with E-state index in [0.717, 1.165) is 11.1 Å². The SMILES string of the molecule is COC(=O)CCOc1ccc(S(=O)(=O)Nc2ccc(C)c(C)c2)cc1. The molecule has 0 aliphatic heterocycles. The van der Waals surface area contributed by atoms with Crippen LogP contribution in [0.5, 0.6) is 5.75 Å². The minimum Gasteiger partial charge on any atom is -0.493 e. The second-order valence-corrected chi connectivity index (χ2v) is 7.23. The predicted molar refractivity (Wildman–Crippen MR) is 95.3 cm³/mol. The van der Waals surface area contributed by atoms with Crippen molar-refractivity contribution in [3.05, 3.63) is 53.6 Å². The highest BCUT2D eigenvalue weighted by atomic mass is 32.2. The average molecular weight is 363 g/mol. The molecule has 7 heteroatoms. The monoisotopic (exact) mass is 363 g/mol. The number of ether oxygens (including phenoxy) is 2. The molecule has 0 aromatic heterocycles. The summed E-state index contributed by atoms with van der Waals surface area (Å²) in [6.07, 6.45) is 0.130. The van der Waals surface area contributed by atoms with Crippen molar-refractivity contribution in [1.29, 1.82) is 0 Å². The van der Waals surface area contributed by atoms with Gasteiger partial charge in [-0.05, 0) is 61.4 Å². The normalized spacial score (nSPS) is 11.0. The fourth-order valence-electron chi connectivity index (χ4n) is 2.09. The minimum atomic E-state index is -3.68. The molecule has 0 spiro atoms. The van der Waals surface area contributed by atoms with Crippen LogP contribution in [0.1, 0.15) is 17.5 Å². The third-order valence-electron chi connectivity index (χ3n) is 3.70. The van der Waals surface area contributed by atoms with Gasteiger partial charge in [-0.15, -0.1) is 0 Å². The summed E-state index contributed by atoms with van der Waals surface area (Å²) in [6.45, 7) is 4.06. The van der Waals surface area contributed by atoms with Gasteiger partial charge in [-0.3, -0.25) is 9.52 Å². The topological polar surface area (TPSA) is 81.7 Å². The molecule has 0 radical (unpaired) electrons. The third kappa shape index (κ3) is 5.22. The number of carbonyl (C=O) groups excluding carboxylic acids is 1. The van der Waals surface area contributed by atoms with Crippen LogP contribution in [0.3, 0.4) is 0 Å². The minimum absolute atomic E-state index is 0.130. The van der Waals surface area contributed by atoms with Gasteiger partial charge >= 0.3 is 5.97 Å². The number of benzene rings is 2. The molecular formula is C18H21NO5S. The third-order valence-corrected chi connectivity index (χ3v) is 5.09. The van der Waals surface area contributed by atoms with E-state index in [4.69, 9.17) is 4.74 Å². The van der Waals surface area contributed by atoms with Crippen LogP contribution in [0.15, 0.2) is 47.4 Å². The quantitative estimate of drug-likeness (QED) is 0.765. The van der Waals surface area contributed by atoms with Gasteiger partial charge in [0.1, 0.15) is 5.75 Å². The van der Waals surface area contributed by atoms with E-state index in [9.17, 15) is 13.2 Å². The zero-order chi connectivity index (χ0) is 18.4. The molecule has 0 heterocycles. The Labute approximate surface area is 147 Å². The maximum atomic E-state index is 12.4. The maximum Gasteiger partial charge on any atom is 0.308 e. The van der Waals surface area contributed by atoms with Gasteiger partial charge in [0.2, 0.25) is 0 Å². The largest absolute Gasteiger partial charge is 0.493 e. The molecule has 2 aromatic carbocycles. The second kappa shape index (κ2) is 8.02. The van der Waals surface area contributed by atoms with Crippen molar-refractivity contribution < 1.29 is 22.7 Å². The Balaban J connectivity index is 2.04. The molecule has 0 unspecified atom stereocenters. The van der Waals surface area contributed by atoms with Crippen molar-refractivity contribution in [1.82, 2.24) is 0 Å². The summed E-state index contributed by atoms with van der Waals surface area (Å²) in [4.78, 5) is 11.1. The molecule has 2 aromatic rings. The number of anilines is 1. The number of sulfonamides is 1. The van der Waals surface area contributed by atoms with Crippen LogP contribution in [-0.4, -0.2) is 28.1 Å². The number of esters is 1. The van der Waals surface area contributed by atoms with Crippen LogP contribution in [0, 0.1) is 13.8 Å². The van der Waals surface area contributed by atoms with E-state index in [-0.39, 0.29) is 23.9 Å². The van der Waals surface area contributed by atoms with Gasteiger partial charge in [0.15, 0.2) is 0 Å². The van der Waals surface area contributed by atoms with E-state index in [1.165, 1.54) is 19.2 Å². The van der Waals surface area contributed by atoms with Crippen LogP contribution >= 0.6 is 0 Å². The van der Waals surface area contributed by atoms with Gasteiger partial charge in [0.05, 0.1) is 25.0 Å². The molecule has 0 aliphatic carbocycles. The number of methoxy groups -OCH3 is 1. The van der Waals surface area contributed by atoms with Crippen LogP contribution in [0.2, 0.25) is 0 Å². The molecule has 0 fully saturated rings. The first-order chi connectivity index (χ1) is 11.8. The summed E-state index contributed by atoms with van der Waals surface area (Å²) in [5.41, 5.74) is 2.62. The first kappa shape index (κ1) is 18.8. The Morgan fingerprint density at radius 3 is 2.32 bits per heavy atom. The molecule has 0 aliphatic rings. The molecule has 0 bridgehead atoms. The van der Waals surface area contributed by atoms with Crippen molar-refractivity contribution in [2.75, 3.05) is 18.4 Å². The highest BCUT2D eigenvalue weighted by Crippen LogP contribution is 2.21. The Morgan fingerprint density at radius 2 is 1.72 bits per heavy atom. The summed E-state index contributed by atoms with van der Waals surface area (Å²) in [6, 6.07) is 11.4. The van der Waals surface area contributed by atoms with Crippen molar-refractivity contribution in [3.8, 4) is 5.75 Å². The summed E-state index contributed by atoms with van der Waals surface area (Å²) in [5.74, 6) is 0.117. The van der Waals surface area contributed by atoms with Crippen molar-refractivity contribution in [2.24, 2.45) is 0 Å². The lowest BCUT2D eigenvalue weighted by Crippen LogP contribution is -2.13. The second-order valence-electron chi connectivity index (χ2n) is 5.55. The smallest absolute Gasteiger partial charge is 0.308 e. The number of hydrogen-bond donors (Lipinski definition) is 1. The highest BCUT2D eigenvalue weighted by Gasteiger charge is 2.14. The van der Waals surface area contributed by atoms with Crippen molar-refractivity contribution >= 4 is 21.7 Å². The molecule has 1 N–H and O–H groups in total. The Kier molecular flexibility index (Phi) is 6.03. The lowest BCUT2D eigenvalue weighted by molar-refractivity contribution is -0.141. The van der Waals surface area contributed by atoms with Gasteiger partial charge in [0.25, 0.3) is 10.0 Å². The highest BCUT2D eigenvalue weighted by molar-refractivity contribution is 7.92. The number of aryl methyl sites for hydroxylation is 2. The number of nitrogens with one attached hydrogen (secondary N) is 1. The van der Waals surface area contributed by atoms with E-state index in [2.05, 4.69) is 9.46 Å². The Bertz CT molecular complexity index is 844. The zero-order valence-electron chi connectivity index (χ0n) is 14.4. The van der Waals surface area contributed by atoms with Gasteiger partial charge < -0.3 is 9.47 Å². The van der Waals surface area contributed by atoms with Gasteiger partial charge in [-0.25, -0.2) is 8.42 Å². The fraction of sp³-hybridized carbons (Fsp3) is 0.278. The molecular weight excluding hydrogens is 342 g/mol. The van der Waals surface area contributed by atoms with Crippen molar-refractivity contribution in [3.63, 3.8) is 0 Å². The first-order valence-electron chi connectivity index (χ1n) is 7.71. The summed E-state index contributed by atoms with van der Waals surface area (Å²) >= 11 is 0. The van der Waals surface area contributed by atoms with Crippen LogP contribution < -0.4 is 9.46 Å². The molecule has 0 amide bonds. The van der Waals surface area contributed by atoms with Crippen LogP contribution in [0.25, 0.3) is 0 Å². The lowest BCUT2D eigenvalue weighted by Gasteiger charge is -2.11. The average Bonchev–Trinajstić information content (AvgIpc) is 2.58. The van der Waals surface area contributed by atoms with E-state index >= 15 is 0 Å². The number of rotatable bonds is 7. The summed E-state index contributed by atoms with van der Waals surface area (Å²) < 4.78 is 37.3. The maximum absolute atomic E-state index is 12.4. The van der Waals surface area contributed by atoms with Gasteiger partial charge in [-0.2, -0.15) is 0 Å². The molecule has 6 nitrogen and oxygen atoms in total. The van der Waals surface area contributed by atoms with Crippen LogP contribution in [0.4, 0.5) is 5.69 Å². The standard InChI is InChI=1S/C18H21NO5S/c1-13-4-5-15(12-14(13)2)19-25(21,22)17-8-6-16(7-9-17)24-11-10-18(20)23-3/h4-9,12,19H,10-11H2,1-3H3. The number of carbonyl (C=O) groups is 1. The van der Waals surface area contributed by atoms with E-state index < -0.39 is 10.0 Å². The van der Waals surface area contributed by atoms with E-state index in [1.807, 2.05) is 19.9 Å². The van der Waals surface area contributed by atoms with E-state index in [1.54, 1.807) is 24.3 Å². The summed E-state index contributed by atoms with van der Waals surface area (Å²) in [5, 5.41) is 0. The lowest BCUT2D eigenvalue weighted by atomic mass is 10.1. The Morgan fingerprint density at radius 1 is 1.04 bits per heavy atom. The predicted octanol–water partition coefficient (Wildman–Crippen LogP) is 3.05. The van der Waals surface area contributed by atoms with Crippen LogP contribution in [-0.2, 0) is 19.6 Å². The van der Waals surface area contributed by atoms with Gasteiger partial charge in [-0.1, -0.05) is 6.07 Å². The molecule has 134 valence electrons. The van der Waals surface area contributed by atoms with Crippen molar-refractivity contribution in [2.45, 2.75) is 25.2 Å². The Hall–Kier alpha value is -2.54. The molecule has 0 saturated heterocycles. The zero-order valence-corrected chi connectivity index (χ0v) is 15.2. The van der Waals surface area contributed by atoms with E-state index in [0.29, 0.717) is 11.4 Å². The molecule has 2 rings (SSSR count). The van der Waals surface area contributed by atoms with Gasteiger partial charge in [0, 0.05) is 5.69 Å².